The van der Waals surface area contributed by atoms with Gasteiger partial charge in [0.25, 0.3) is 0 Å². The molecular formula is C16H29N3O. The Morgan fingerprint density at radius 3 is 2.30 bits per heavy atom. The van der Waals surface area contributed by atoms with Crippen molar-refractivity contribution in [2.24, 2.45) is 5.92 Å². The van der Waals surface area contributed by atoms with Gasteiger partial charge in [0, 0.05) is 51.2 Å². The predicted octanol–water partition coefficient (Wildman–Crippen LogP) is 1.46. The van der Waals surface area contributed by atoms with Crippen molar-refractivity contribution in [1.29, 1.82) is 0 Å². The average molecular weight is 279 g/mol. The number of piperazine rings is 1. The van der Waals surface area contributed by atoms with E-state index in [-0.39, 0.29) is 0 Å². The summed E-state index contributed by atoms with van der Waals surface area (Å²) in [5.74, 6) is 0.795. The highest BCUT2D eigenvalue weighted by Crippen LogP contribution is 2.27. The van der Waals surface area contributed by atoms with E-state index in [1.807, 2.05) is 0 Å². The normalized spacial score (nSPS) is 30.4. The zero-order valence-electron chi connectivity index (χ0n) is 12.6. The van der Waals surface area contributed by atoms with Crippen LogP contribution >= 0.6 is 0 Å². The van der Waals surface area contributed by atoms with E-state index in [1.165, 1.54) is 32.1 Å². The van der Waals surface area contributed by atoms with Gasteiger partial charge in [-0.25, -0.2) is 0 Å². The summed E-state index contributed by atoms with van der Waals surface area (Å²) >= 11 is 0. The molecule has 4 nitrogen and oxygen atoms in total. The molecule has 1 N–H and O–H groups in total. The molecule has 4 heteroatoms. The molecular weight excluding hydrogens is 250 g/mol. The first-order valence-corrected chi connectivity index (χ1v) is 8.58. The Balaban J connectivity index is 1.51. The highest BCUT2D eigenvalue weighted by Gasteiger charge is 2.33. The van der Waals surface area contributed by atoms with Gasteiger partial charge < -0.3 is 10.2 Å². The van der Waals surface area contributed by atoms with Crippen LogP contribution in [-0.2, 0) is 4.79 Å². The molecule has 0 bridgehead atoms. The number of likely N-dealkylation sites (tertiary alicyclic amines) is 1. The van der Waals surface area contributed by atoms with Crippen molar-refractivity contribution in [2.45, 2.75) is 51.0 Å². The van der Waals surface area contributed by atoms with Crippen LogP contribution in [0.1, 0.15) is 44.9 Å². The maximum atomic E-state index is 12.7. The third-order valence-corrected chi connectivity index (χ3v) is 5.35. The van der Waals surface area contributed by atoms with Gasteiger partial charge in [-0.05, 0) is 19.3 Å². The van der Waals surface area contributed by atoms with E-state index in [1.54, 1.807) is 0 Å². The largest absolute Gasteiger partial charge is 0.341 e. The van der Waals surface area contributed by atoms with Crippen LogP contribution in [0.2, 0.25) is 0 Å². The minimum absolute atomic E-state index is 0.333. The number of carbonyl (C=O) groups is 1. The summed E-state index contributed by atoms with van der Waals surface area (Å²) in [7, 11) is 0. The van der Waals surface area contributed by atoms with E-state index in [9.17, 15) is 4.79 Å². The van der Waals surface area contributed by atoms with Gasteiger partial charge in [0.1, 0.15) is 0 Å². The first-order chi connectivity index (χ1) is 9.84. The molecule has 1 atom stereocenters. The van der Waals surface area contributed by atoms with Crippen LogP contribution in [0.15, 0.2) is 0 Å². The van der Waals surface area contributed by atoms with E-state index in [0.717, 1.165) is 52.1 Å². The molecule has 0 radical (unpaired) electrons. The topological polar surface area (TPSA) is 35.6 Å². The number of carbonyl (C=O) groups excluding carboxylic acids is 1. The van der Waals surface area contributed by atoms with Crippen molar-refractivity contribution in [2.75, 3.05) is 39.3 Å². The fraction of sp³-hybridized carbons (Fsp3) is 0.938. The molecule has 2 heterocycles. The molecule has 1 unspecified atom stereocenters. The van der Waals surface area contributed by atoms with Crippen LogP contribution < -0.4 is 5.32 Å². The summed E-state index contributed by atoms with van der Waals surface area (Å²) in [6.45, 7) is 6.48. The molecule has 3 rings (SSSR count). The van der Waals surface area contributed by atoms with E-state index in [2.05, 4.69) is 15.1 Å². The number of hydrogen-bond donors (Lipinski definition) is 1. The molecule has 2 saturated heterocycles. The van der Waals surface area contributed by atoms with Crippen LogP contribution in [0.4, 0.5) is 0 Å². The van der Waals surface area contributed by atoms with Gasteiger partial charge in [-0.1, -0.05) is 25.7 Å². The van der Waals surface area contributed by atoms with Crippen molar-refractivity contribution in [3.05, 3.63) is 0 Å². The van der Waals surface area contributed by atoms with Crippen LogP contribution in [0.5, 0.6) is 0 Å². The first-order valence-electron chi connectivity index (χ1n) is 8.58. The summed E-state index contributed by atoms with van der Waals surface area (Å²) in [5, 5.41) is 3.41. The fourth-order valence-electron chi connectivity index (χ4n) is 4.07. The van der Waals surface area contributed by atoms with Gasteiger partial charge >= 0.3 is 0 Å². The number of nitrogens with zero attached hydrogens (tertiary/aromatic N) is 2. The van der Waals surface area contributed by atoms with Crippen molar-refractivity contribution < 1.29 is 4.79 Å². The SMILES string of the molecule is O=C(C1CCCCCC1)N1CCC(N2CCNCC2)C1. The second kappa shape index (κ2) is 6.90. The molecule has 1 saturated carbocycles. The van der Waals surface area contributed by atoms with Gasteiger partial charge in [0.05, 0.1) is 0 Å². The third kappa shape index (κ3) is 3.34. The zero-order valence-corrected chi connectivity index (χ0v) is 12.6. The highest BCUT2D eigenvalue weighted by molar-refractivity contribution is 5.79. The van der Waals surface area contributed by atoms with Crippen LogP contribution in [0, 0.1) is 5.92 Å². The zero-order chi connectivity index (χ0) is 13.8. The maximum absolute atomic E-state index is 12.7. The number of amides is 1. The standard InChI is InChI=1S/C16H29N3O/c20-16(14-5-3-1-2-4-6-14)19-10-7-15(13-19)18-11-8-17-9-12-18/h14-15,17H,1-13H2. The van der Waals surface area contributed by atoms with Gasteiger partial charge in [-0.15, -0.1) is 0 Å². The molecule has 1 amide bonds. The molecule has 3 aliphatic rings. The van der Waals surface area contributed by atoms with Crippen LogP contribution in [0.25, 0.3) is 0 Å². The second-order valence-electron chi connectivity index (χ2n) is 6.70. The van der Waals surface area contributed by atoms with Gasteiger partial charge in [0.2, 0.25) is 5.91 Å². The summed E-state index contributed by atoms with van der Waals surface area (Å²) < 4.78 is 0. The number of hydrogen-bond acceptors (Lipinski definition) is 3. The van der Waals surface area contributed by atoms with Gasteiger partial charge in [-0.3, -0.25) is 9.69 Å². The minimum atomic E-state index is 0.333. The summed E-state index contributed by atoms with van der Waals surface area (Å²) in [4.78, 5) is 17.4. The van der Waals surface area contributed by atoms with Crippen LogP contribution in [0.3, 0.4) is 0 Å². The molecule has 3 fully saturated rings. The quantitative estimate of drug-likeness (QED) is 0.778. The molecule has 0 aromatic carbocycles. The van der Waals surface area contributed by atoms with E-state index in [0.29, 0.717) is 17.9 Å². The van der Waals surface area contributed by atoms with Gasteiger partial charge in [0.15, 0.2) is 0 Å². The molecule has 0 aromatic rings. The lowest BCUT2D eigenvalue weighted by Crippen LogP contribution is -2.49. The van der Waals surface area contributed by atoms with E-state index >= 15 is 0 Å². The predicted molar refractivity (Wildman–Crippen MR) is 80.6 cm³/mol. The van der Waals surface area contributed by atoms with Crippen molar-refractivity contribution >= 4 is 5.91 Å². The van der Waals surface area contributed by atoms with Crippen molar-refractivity contribution in [3.8, 4) is 0 Å². The maximum Gasteiger partial charge on any atom is 0.225 e. The Morgan fingerprint density at radius 1 is 0.900 bits per heavy atom. The molecule has 1 aliphatic carbocycles. The molecule has 0 spiro atoms. The summed E-state index contributed by atoms with van der Waals surface area (Å²) in [6, 6.07) is 0.617. The second-order valence-corrected chi connectivity index (χ2v) is 6.70. The molecule has 114 valence electrons. The Hall–Kier alpha value is -0.610. The van der Waals surface area contributed by atoms with Crippen molar-refractivity contribution in [3.63, 3.8) is 0 Å². The summed E-state index contributed by atoms with van der Waals surface area (Å²) in [5.41, 5.74) is 0. The minimum Gasteiger partial charge on any atom is -0.341 e. The Bertz CT molecular complexity index is 320. The lowest BCUT2D eigenvalue weighted by molar-refractivity contribution is -0.135. The lowest BCUT2D eigenvalue weighted by Gasteiger charge is -2.32. The van der Waals surface area contributed by atoms with E-state index < -0.39 is 0 Å². The molecule has 0 aromatic heterocycles. The Kier molecular flexibility index (Phi) is 4.94. The first kappa shape index (κ1) is 14.3. The van der Waals surface area contributed by atoms with E-state index in [4.69, 9.17) is 0 Å². The highest BCUT2D eigenvalue weighted by atomic mass is 16.2. The van der Waals surface area contributed by atoms with Crippen LogP contribution in [-0.4, -0.2) is 61.0 Å². The third-order valence-electron chi connectivity index (χ3n) is 5.35. The average Bonchev–Trinajstić information content (AvgIpc) is 2.83. The lowest BCUT2D eigenvalue weighted by atomic mass is 9.99. The molecule has 2 aliphatic heterocycles. The fourth-order valence-corrected chi connectivity index (χ4v) is 4.07. The summed E-state index contributed by atoms with van der Waals surface area (Å²) in [6.07, 6.45) is 8.61. The van der Waals surface area contributed by atoms with Gasteiger partial charge in [-0.2, -0.15) is 0 Å². The van der Waals surface area contributed by atoms with Crippen molar-refractivity contribution in [1.82, 2.24) is 15.1 Å². The molecule has 20 heavy (non-hydrogen) atoms. The number of rotatable bonds is 2. The Morgan fingerprint density at radius 2 is 1.60 bits per heavy atom. The smallest absolute Gasteiger partial charge is 0.225 e. The Labute approximate surface area is 122 Å². The monoisotopic (exact) mass is 279 g/mol. The number of nitrogens with one attached hydrogen (secondary N) is 1.